The van der Waals surface area contributed by atoms with Crippen LogP contribution in [0, 0.1) is 6.92 Å². The predicted octanol–water partition coefficient (Wildman–Crippen LogP) is 2.88. The number of nitrogens with zero attached hydrogens (tertiary/aromatic N) is 8. The predicted molar refractivity (Wildman–Crippen MR) is 112 cm³/mol. The maximum atomic E-state index is 13.5. The van der Waals surface area contributed by atoms with Crippen LogP contribution in [0.15, 0.2) is 47.3 Å². The van der Waals surface area contributed by atoms with Crippen molar-refractivity contribution in [1.29, 1.82) is 0 Å². The molecular formula is C21H16F3N9O2. The van der Waals surface area contributed by atoms with Gasteiger partial charge in [0, 0.05) is 30.6 Å². The molecule has 1 amide bonds. The SMILES string of the molecule is Cc1cccc2cc([C@H]3c4nc[nH]c4CCN3C(=O)c3nnc(-c4ccn(C(F)(F)F)n4)o3)nn12. The van der Waals surface area contributed by atoms with E-state index >= 15 is 0 Å². The summed E-state index contributed by atoms with van der Waals surface area (Å²) in [6.07, 6.45) is -1.88. The Hall–Kier alpha value is -4.49. The van der Waals surface area contributed by atoms with E-state index in [0.29, 0.717) is 24.4 Å². The number of H-pyrrole nitrogens is 1. The van der Waals surface area contributed by atoms with E-state index in [4.69, 9.17) is 9.52 Å². The van der Waals surface area contributed by atoms with Gasteiger partial charge in [-0.1, -0.05) is 6.07 Å². The van der Waals surface area contributed by atoms with Gasteiger partial charge in [0.1, 0.15) is 11.7 Å². The Kier molecular flexibility index (Phi) is 4.52. The molecule has 11 nitrogen and oxygen atoms in total. The number of hydrogen-bond donors (Lipinski definition) is 1. The summed E-state index contributed by atoms with van der Waals surface area (Å²) in [6.45, 7) is 2.24. The lowest BCUT2D eigenvalue weighted by Gasteiger charge is -2.32. The molecule has 0 fully saturated rings. The van der Waals surface area contributed by atoms with Gasteiger partial charge in [0.15, 0.2) is 0 Å². The van der Waals surface area contributed by atoms with E-state index in [1.165, 1.54) is 4.90 Å². The van der Waals surface area contributed by atoms with Crippen molar-refractivity contribution in [3.05, 3.63) is 71.5 Å². The largest absolute Gasteiger partial charge is 0.504 e. The number of rotatable bonds is 3. The Labute approximate surface area is 194 Å². The fraction of sp³-hybridized carbons (Fsp3) is 0.238. The third-order valence-electron chi connectivity index (χ3n) is 5.84. The number of alkyl halides is 3. The third-order valence-corrected chi connectivity index (χ3v) is 5.84. The van der Waals surface area contributed by atoms with Crippen LogP contribution >= 0.6 is 0 Å². The van der Waals surface area contributed by atoms with E-state index in [9.17, 15) is 18.0 Å². The first-order chi connectivity index (χ1) is 16.8. The molecular weight excluding hydrogens is 467 g/mol. The van der Waals surface area contributed by atoms with Crippen molar-refractivity contribution in [2.24, 2.45) is 0 Å². The molecule has 1 atom stereocenters. The molecule has 0 radical (unpaired) electrons. The fourth-order valence-electron chi connectivity index (χ4n) is 4.22. The zero-order valence-corrected chi connectivity index (χ0v) is 18.1. The molecule has 1 aliphatic rings. The topological polar surface area (TPSA) is 123 Å². The second-order valence-electron chi connectivity index (χ2n) is 8.02. The highest BCUT2D eigenvalue weighted by molar-refractivity contribution is 5.90. The summed E-state index contributed by atoms with van der Waals surface area (Å²) in [5.41, 5.74) is 3.71. The van der Waals surface area contributed by atoms with Crippen LogP contribution in [-0.2, 0) is 12.7 Å². The Morgan fingerprint density at radius 2 is 2.06 bits per heavy atom. The van der Waals surface area contributed by atoms with Crippen LogP contribution in [0.3, 0.4) is 0 Å². The zero-order valence-electron chi connectivity index (χ0n) is 18.1. The summed E-state index contributed by atoms with van der Waals surface area (Å²) in [4.78, 5) is 22.5. The Bertz CT molecular complexity index is 1560. The molecule has 0 unspecified atom stereocenters. The van der Waals surface area contributed by atoms with Gasteiger partial charge in [-0.2, -0.15) is 14.9 Å². The number of pyridine rings is 1. The van der Waals surface area contributed by atoms with Crippen molar-refractivity contribution in [1.82, 2.24) is 44.5 Å². The number of carbonyl (C=O) groups is 1. The number of hydrogen-bond acceptors (Lipinski definition) is 7. The summed E-state index contributed by atoms with van der Waals surface area (Å²) in [7, 11) is 0. The van der Waals surface area contributed by atoms with E-state index in [1.807, 2.05) is 31.2 Å². The van der Waals surface area contributed by atoms with E-state index in [0.717, 1.165) is 29.2 Å². The zero-order chi connectivity index (χ0) is 24.3. The number of aromatic nitrogens is 8. The van der Waals surface area contributed by atoms with E-state index in [2.05, 4.69) is 25.3 Å². The summed E-state index contributed by atoms with van der Waals surface area (Å²) in [5.74, 6) is -1.26. The standard InChI is InChI=1S/C21H16F3N9O2/c1-11-3-2-4-12-9-15(30-33(11)12)17-16-13(25-10-26-16)5-7-31(17)20(34)19-28-27-18(35-19)14-6-8-32(29-14)21(22,23)24/h2-4,6,8-10,17H,5,7H2,1H3,(H,25,26)/t17-/m0/s1. The van der Waals surface area contributed by atoms with Gasteiger partial charge in [-0.05, 0) is 31.2 Å². The molecule has 0 spiro atoms. The second-order valence-corrected chi connectivity index (χ2v) is 8.02. The lowest BCUT2D eigenvalue weighted by Crippen LogP contribution is -2.41. The molecule has 0 aromatic carbocycles. The summed E-state index contributed by atoms with van der Waals surface area (Å²) >= 11 is 0. The average Bonchev–Trinajstić information content (AvgIpc) is 3.62. The lowest BCUT2D eigenvalue weighted by molar-refractivity contribution is -0.212. The molecule has 0 saturated heterocycles. The second kappa shape index (κ2) is 7.51. The van der Waals surface area contributed by atoms with Gasteiger partial charge in [0.2, 0.25) is 0 Å². The number of imidazole rings is 1. The van der Waals surface area contributed by atoms with Crippen LogP contribution in [0.1, 0.15) is 39.5 Å². The highest BCUT2D eigenvalue weighted by Crippen LogP contribution is 2.34. The van der Waals surface area contributed by atoms with Crippen LogP contribution in [0.4, 0.5) is 13.2 Å². The van der Waals surface area contributed by atoms with E-state index in [1.54, 1.807) is 10.8 Å². The summed E-state index contributed by atoms with van der Waals surface area (Å²) in [5, 5.41) is 15.6. The third kappa shape index (κ3) is 3.45. The first kappa shape index (κ1) is 21.1. The van der Waals surface area contributed by atoms with Gasteiger partial charge in [0.25, 0.3) is 5.89 Å². The van der Waals surface area contributed by atoms with Crippen LogP contribution in [0.2, 0.25) is 0 Å². The molecule has 5 aromatic heterocycles. The number of halogens is 3. The first-order valence-electron chi connectivity index (χ1n) is 10.5. The normalized spacial score (nSPS) is 16.1. The highest BCUT2D eigenvalue weighted by atomic mass is 19.4. The minimum atomic E-state index is -4.69. The van der Waals surface area contributed by atoms with Crippen molar-refractivity contribution < 1.29 is 22.4 Å². The fourth-order valence-corrected chi connectivity index (χ4v) is 4.22. The number of aryl methyl sites for hydroxylation is 1. The van der Waals surface area contributed by atoms with Gasteiger partial charge in [-0.15, -0.1) is 23.4 Å². The maximum absolute atomic E-state index is 13.5. The van der Waals surface area contributed by atoms with Gasteiger partial charge in [-0.3, -0.25) is 4.79 Å². The summed E-state index contributed by atoms with van der Waals surface area (Å²) in [6, 6.07) is 8.08. The van der Waals surface area contributed by atoms with Crippen LogP contribution in [0.5, 0.6) is 0 Å². The molecule has 0 aliphatic carbocycles. The Balaban J connectivity index is 1.37. The van der Waals surface area contributed by atoms with E-state index < -0.39 is 18.2 Å². The number of nitrogens with one attached hydrogen (secondary N) is 1. The number of aromatic amines is 1. The molecule has 178 valence electrons. The quantitative estimate of drug-likeness (QED) is 0.419. The molecule has 6 rings (SSSR count). The smallest absolute Gasteiger partial charge is 0.411 e. The number of amides is 1. The van der Waals surface area contributed by atoms with Gasteiger partial charge >= 0.3 is 18.1 Å². The van der Waals surface area contributed by atoms with Crippen LogP contribution in [0.25, 0.3) is 17.1 Å². The minimum absolute atomic E-state index is 0.181. The molecule has 1 aliphatic heterocycles. The maximum Gasteiger partial charge on any atom is 0.504 e. The molecule has 14 heteroatoms. The van der Waals surface area contributed by atoms with Crippen molar-refractivity contribution in [2.75, 3.05) is 6.54 Å². The Morgan fingerprint density at radius 3 is 2.83 bits per heavy atom. The van der Waals surface area contributed by atoms with Crippen LogP contribution in [-0.4, -0.2) is 56.9 Å². The minimum Gasteiger partial charge on any atom is -0.411 e. The van der Waals surface area contributed by atoms with E-state index in [-0.39, 0.29) is 22.2 Å². The van der Waals surface area contributed by atoms with Crippen molar-refractivity contribution in [3.63, 3.8) is 0 Å². The van der Waals surface area contributed by atoms with Crippen LogP contribution < -0.4 is 0 Å². The lowest BCUT2D eigenvalue weighted by atomic mass is 9.99. The average molecular weight is 483 g/mol. The molecule has 1 N–H and O–H groups in total. The molecule has 0 bridgehead atoms. The van der Waals surface area contributed by atoms with Gasteiger partial charge < -0.3 is 14.3 Å². The first-order valence-corrected chi connectivity index (χ1v) is 10.5. The number of fused-ring (bicyclic) bond motifs is 2. The molecule has 6 heterocycles. The molecule has 5 aromatic rings. The van der Waals surface area contributed by atoms with Gasteiger partial charge in [-0.25, -0.2) is 9.50 Å². The molecule has 0 saturated carbocycles. The van der Waals surface area contributed by atoms with Crippen molar-refractivity contribution in [3.8, 4) is 11.6 Å². The van der Waals surface area contributed by atoms with Crippen molar-refractivity contribution in [2.45, 2.75) is 25.7 Å². The molecule has 35 heavy (non-hydrogen) atoms. The summed E-state index contributed by atoms with van der Waals surface area (Å²) < 4.78 is 45.6. The Morgan fingerprint density at radius 1 is 1.20 bits per heavy atom. The van der Waals surface area contributed by atoms with Crippen molar-refractivity contribution >= 4 is 11.4 Å². The highest BCUT2D eigenvalue weighted by Gasteiger charge is 2.38. The van der Waals surface area contributed by atoms with Gasteiger partial charge in [0.05, 0.1) is 23.2 Å². The monoisotopic (exact) mass is 483 g/mol. The number of carbonyl (C=O) groups excluding carboxylic acids is 1.